The zero-order chi connectivity index (χ0) is 18.1. The first-order chi connectivity index (χ1) is 10.4. The van der Waals surface area contributed by atoms with E-state index in [0.29, 0.717) is 3.91 Å². The molecule has 0 amide bonds. The van der Waals surface area contributed by atoms with Gasteiger partial charge >= 0.3 is 0 Å². The van der Waals surface area contributed by atoms with E-state index in [2.05, 4.69) is 96.6 Å². The molecule has 0 aliphatic rings. The topological polar surface area (TPSA) is 0 Å². The van der Waals surface area contributed by atoms with Gasteiger partial charge in [0.15, 0.2) is 0 Å². The van der Waals surface area contributed by atoms with E-state index in [4.69, 9.17) is 0 Å². The number of rotatable bonds is 7. The van der Waals surface area contributed by atoms with Crippen LogP contribution in [-0.2, 0) is 0 Å². The molecule has 0 fully saturated rings. The fraction of sp³-hybridized carbons (Fsp3) is 0.684. The van der Waals surface area contributed by atoms with Crippen LogP contribution in [0.4, 0.5) is 0 Å². The molecular weight excluding hydrogens is 341 g/mol. The molecule has 0 heterocycles. The summed E-state index contributed by atoms with van der Waals surface area (Å²) >= 11 is 0. The molecule has 131 valence electrons. The lowest BCUT2D eigenvalue weighted by Crippen LogP contribution is -2.76. The second-order valence-electron chi connectivity index (χ2n) is 9.55. The number of benzene rings is 1. The minimum Gasteiger partial charge on any atom is -0.0698 e. The zero-order valence-electron chi connectivity index (χ0n) is 17.3. The van der Waals surface area contributed by atoms with Crippen LogP contribution < -0.4 is 5.19 Å². The van der Waals surface area contributed by atoms with E-state index in [1.165, 1.54) is 12.1 Å². The second-order valence-corrected chi connectivity index (χ2v) is 31.0. The summed E-state index contributed by atoms with van der Waals surface area (Å²) < 4.78 is 0.711. The summed E-state index contributed by atoms with van der Waals surface area (Å²) in [5, 5.41) is 1.70. The van der Waals surface area contributed by atoms with E-state index < -0.39 is 24.2 Å². The molecule has 0 atom stereocenters. The van der Waals surface area contributed by atoms with Gasteiger partial charge in [0.1, 0.15) is 0 Å². The highest BCUT2D eigenvalue weighted by atomic mass is 28.5. The van der Waals surface area contributed by atoms with Crippen LogP contribution in [0.15, 0.2) is 30.3 Å². The third-order valence-corrected chi connectivity index (χ3v) is 39.3. The van der Waals surface area contributed by atoms with Crippen molar-refractivity contribution < 1.29 is 0 Å². The lowest BCUT2D eigenvalue weighted by atomic mass is 10.4. The van der Waals surface area contributed by atoms with Crippen LogP contribution in [0.5, 0.6) is 0 Å². The Hall–Kier alpha value is 0.0875. The molecule has 0 saturated heterocycles. The lowest BCUT2D eigenvalue weighted by molar-refractivity contribution is 1.14. The molecule has 1 rings (SSSR count). The fourth-order valence-corrected chi connectivity index (χ4v) is 49.9. The molecule has 1 aromatic rings. The minimum atomic E-state index is -1.57. The molecule has 0 aliphatic heterocycles. The van der Waals surface area contributed by atoms with Crippen molar-refractivity contribution in [1.82, 2.24) is 0 Å². The molecule has 0 aromatic heterocycles. The van der Waals surface area contributed by atoms with Crippen molar-refractivity contribution in [2.45, 2.75) is 82.2 Å². The summed E-state index contributed by atoms with van der Waals surface area (Å²) in [7, 11) is -4.57. The van der Waals surface area contributed by atoms with Crippen molar-refractivity contribution in [3.05, 3.63) is 30.3 Å². The standard InChI is InChI=1S/C19H39Si4/c1-11-20(12-2)19(21(3,4)5,22(6,7)8)23(9,10)18-16-14-13-15-17-18/h13-17H,11-12H2,1-10H3. The van der Waals surface area contributed by atoms with E-state index in [-0.39, 0.29) is 8.80 Å². The van der Waals surface area contributed by atoms with Crippen LogP contribution in [0.25, 0.3) is 0 Å². The van der Waals surface area contributed by atoms with Crippen LogP contribution in [0.1, 0.15) is 13.8 Å². The maximum absolute atomic E-state index is 2.72. The molecule has 23 heavy (non-hydrogen) atoms. The second kappa shape index (κ2) is 7.14. The predicted octanol–water partition coefficient (Wildman–Crippen LogP) is 6.17. The normalized spacial score (nSPS) is 14.4. The zero-order valence-corrected chi connectivity index (χ0v) is 21.3. The first-order valence-corrected chi connectivity index (χ1v) is 21.2. The minimum absolute atomic E-state index is 0.355. The molecule has 4 heteroatoms. The summed E-state index contributed by atoms with van der Waals surface area (Å²) in [4.78, 5) is 0. The SMILES string of the molecule is CC[Si](CC)C([Si](C)(C)C)([Si](C)(C)C)[Si](C)(C)c1ccccc1. The van der Waals surface area contributed by atoms with Gasteiger partial charge < -0.3 is 0 Å². The molecule has 0 unspecified atom stereocenters. The largest absolute Gasteiger partial charge is 0.0788 e. The molecule has 1 radical (unpaired) electrons. The van der Waals surface area contributed by atoms with E-state index in [1.54, 1.807) is 5.19 Å². The molecule has 1 aromatic carbocycles. The first kappa shape index (κ1) is 21.1. The summed E-state index contributed by atoms with van der Waals surface area (Å²) in [5.74, 6) is 0. The van der Waals surface area contributed by atoms with E-state index in [1.807, 2.05) is 0 Å². The monoisotopic (exact) mass is 379 g/mol. The van der Waals surface area contributed by atoms with Gasteiger partial charge in [-0.2, -0.15) is 0 Å². The van der Waals surface area contributed by atoms with Gasteiger partial charge in [0.25, 0.3) is 0 Å². The van der Waals surface area contributed by atoms with Crippen LogP contribution in [0.3, 0.4) is 0 Å². The van der Waals surface area contributed by atoms with Gasteiger partial charge in [0.05, 0.1) is 8.07 Å². The van der Waals surface area contributed by atoms with E-state index in [9.17, 15) is 0 Å². The summed E-state index contributed by atoms with van der Waals surface area (Å²) in [5.41, 5.74) is 0. The van der Waals surface area contributed by atoms with Gasteiger partial charge in [0.2, 0.25) is 0 Å². The fourth-order valence-electron chi connectivity index (χ4n) is 6.35. The Morgan fingerprint density at radius 1 is 0.739 bits per heavy atom. The third kappa shape index (κ3) is 3.41. The van der Waals surface area contributed by atoms with Gasteiger partial charge in [-0.3, -0.25) is 0 Å². The molecule has 0 spiro atoms. The number of hydrogen-bond donors (Lipinski definition) is 0. The summed E-state index contributed by atoms with van der Waals surface area (Å²) in [6, 6.07) is 14.5. The molecule has 0 saturated carbocycles. The van der Waals surface area contributed by atoms with Gasteiger partial charge in [-0.25, -0.2) is 0 Å². The van der Waals surface area contributed by atoms with Crippen molar-refractivity contribution >= 4 is 38.2 Å². The van der Waals surface area contributed by atoms with Crippen molar-refractivity contribution in [2.24, 2.45) is 0 Å². The highest BCUT2D eigenvalue weighted by Crippen LogP contribution is 2.56. The summed E-state index contributed by atoms with van der Waals surface area (Å²) in [6.07, 6.45) is 0. The number of hydrogen-bond acceptors (Lipinski definition) is 0. The van der Waals surface area contributed by atoms with Crippen LogP contribution in [0, 0.1) is 0 Å². The molecule has 0 bridgehead atoms. The van der Waals surface area contributed by atoms with Crippen LogP contribution in [0.2, 0.25) is 68.4 Å². The van der Waals surface area contributed by atoms with Gasteiger partial charge in [-0.1, -0.05) is 114 Å². The van der Waals surface area contributed by atoms with Crippen LogP contribution in [-0.4, -0.2) is 33.0 Å². The third-order valence-electron chi connectivity index (χ3n) is 6.07. The Morgan fingerprint density at radius 3 is 1.43 bits per heavy atom. The van der Waals surface area contributed by atoms with Crippen LogP contribution >= 0.6 is 0 Å². The molecule has 0 N–H and O–H groups in total. The van der Waals surface area contributed by atoms with Gasteiger partial charge in [-0.15, -0.1) is 0 Å². The molecule has 0 aliphatic carbocycles. The van der Waals surface area contributed by atoms with Gasteiger partial charge in [-0.05, 0) is 3.91 Å². The maximum atomic E-state index is 2.72. The first-order valence-electron chi connectivity index (χ1n) is 9.28. The maximum Gasteiger partial charge on any atom is 0.0788 e. The Labute approximate surface area is 150 Å². The van der Waals surface area contributed by atoms with E-state index in [0.717, 1.165) is 0 Å². The summed E-state index contributed by atoms with van der Waals surface area (Å²) in [6.45, 7) is 26.6. The predicted molar refractivity (Wildman–Crippen MR) is 120 cm³/mol. The van der Waals surface area contributed by atoms with Crippen molar-refractivity contribution in [3.63, 3.8) is 0 Å². The molecular formula is C19H39Si4. The Bertz CT molecular complexity index is 476. The average molecular weight is 380 g/mol. The Morgan fingerprint density at radius 2 is 1.13 bits per heavy atom. The lowest BCUT2D eigenvalue weighted by Gasteiger charge is -2.63. The van der Waals surface area contributed by atoms with Crippen molar-refractivity contribution in [2.75, 3.05) is 0 Å². The Kier molecular flexibility index (Phi) is 6.56. The van der Waals surface area contributed by atoms with E-state index >= 15 is 0 Å². The highest BCUT2D eigenvalue weighted by Gasteiger charge is 2.64. The average Bonchev–Trinajstić information content (AvgIpc) is 2.42. The van der Waals surface area contributed by atoms with Gasteiger partial charge in [0, 0.05) is 24.9 Å². The smallest absolute Gasteiger partial charge is 0.0698 e. The molecule has 0 nitrogen and oxygen atoms in total. The highest BCUT2D eigenvalue weighted by molar-refractivity contribution is 7.29. The van der Waals surface area contributed by atoms with Crippen molar-refractivity contribution in [3.8, 4) is 0 Å². The van der Waals surface area contributed by atoms with Crippen molar-refractivity contribution in [1.29, 1.82) is 0 Å². The quantitative estimate of drug-likeness (QED) is 0.497. The Balaban J connectivity index is 3.82.